The Morgan fingerprint density at radius 3 is 2.94 bits per heavy atom. The van der Waals surface area contributed by atoms with Gasteiger partial charge in [0.2, 0.25) is 0 Å². The van der Waals surface area contributed by atoms with Gasteiger partial charge in [-0.15, -0.1) is 0 Å². The number of nitrogens with zero attached hydrogens (tertiary/aromatic N) is 2. The van der Waals surface area contributed by atoms with Gasteiger partial charge in [-0.3, -0.25) is 0 Å². The van der Waals surface area contributed by atoms with Gasteiger partial charge in [0.05, 0.1) is 5.56 Å². The van der Waals surface area contributed by atoms with Crippen LogP contribution in [0.1, 0.15) is 17.3 Å². The van der Waals surface area contributed by atoms with E-state index in [-0.39, 0.29) is 5.56 Å². The van der Waals surface area contributed by atoms with Gasteiger partial charge in [-0.25, -0.2) is 9.79 Å². The van der Waals surface area contributed by atoms with Crippen LogP contribution < -0.4 is 10.7 Å². The van der Waals surface area contributed by atoms with Crippen LogP contribution in [0, 0.1) is 6.57 Å². The van der Waals surface area contributed by atoms with E-state index in [4.69, 9.17) is 11.7 Å². The van der Waals surface area contributed by atoms with Crippen LogP contribution in [-0.2, 0) is 0 Å². The van der Waals surface area contributed by atoms with Crippen molar-refractivity contribution < 1.29 is 9.90 Å². The highest BCUT2D eigenvalue weighted by Crippen LogP contribution is 2.10. The third-order valence-electron chi connectivity index (χ3n) is 1.85. The Balaban J connectivity index is 2.87. The first-order valence-electron chi connectivity index (χ1n) is 4.94. The minimum Gasteiger partial charge on any atom is -0.478 e. The summed E-state index contributed by atoms with van der Waals surface area (Å²) in [6.45, 7) is 9.04. The molecule has 0 aliphatic carbocycles. The minimum atomic E-state index is -0.999. The number of guanidine groups is 1. The lowest BCUT2D eigenvalue weighted by atomic mass is 10.2. The molecule has 0 aliphatic rings. The summed E-state index contributed by atoms with van der Waals surface area (Å²) in [5, 5.41) is 11.7. The summed E-state index contributed by atoms with van der Waals surface area (Å²) >= 11 is 0. The van der Waals surface area contributed by atoms with Gasteiger partial charge in [0, 0.05) is 12.2 Å². The number of aromatic carboxylic acids is 1. The van der Waals surface area contributed by atoms with Crippen LogP contribution in [0.3, 0.4) is 0 Å². The molecule has 0 amide bonds. The predicted molar refractivity (Wildman–Crippen MR) is 64.7 cm³/mol. The van der Waals surface area contributed by atoms with Crippen LogP contribution in [0.15, 0.2) is 29.3 Å². The van der Waals surface area contributed by atoms with Crippen molar-refractivity contribution in [3.05, 3.63) is 41.4 Å². The lowest BCUT2D eigenvalue weighted by Crippen LogP contribution is -2.25. The summed E-state index contributed by atoms with van der Waals surface area (Å²) in [6, 6.07) is 6.28. The van der Waals surface area contributed by atoms with Gasteiger partial charge in [-0.05, 0) is 25.1 Å². The van der Waals surface area contributed by atoms with Crippen molar-refractivity contribution in [2.75, 3.05) is 11.9 Å². The zero-order valence-electron chi connectivity index (χ0n) is 9.27. The lowest BCUT2D eigenvalue weighted by molar-refractivity contribution is 0.0697. The Hall–Kier alpha value is -2.55. The fourth-order valence-electron chi connectivity index (χ4n) is 1.18. The maximum Gasteiger partial charge on any atom is 0.335 e. The van der Waals surface area contributed by atoms with E-state index in [0.717, 1.165) is 0 Å². The fraction of sp³-hybridized carbons (Fsp3) is 0.182. The summed E-state index contributed by atoms with van der Waals surface area (Å²) in [4.78, 5) is 17.8. The van der Waals surface area contributed by atoms with Crippen molar-refractivity contribution in [3.63, 3.8) is 0 Å². The lowest BCUT2D eigenvalue weighted by Gasteiger charge is -2.05. The van der Waals surface area contributed by atoms with Crippen molar-refractivity contribution in [2.45, 2.75) is 6.92 Å². The molecule has 0 heterocycles. The molecule has 1 rings (SSSR count). The third-order valence-corrected chi connectivity index (χ3v) is 1.85. The second-order valence-electron chi connectivity index (χ2n) is 3.06. The molecule has 0 saturated carbocycles. The maximum absolute atomic E-state index is 10.8. The molecule has 1 aromatic rings. The summed E-state index contributed by atoms with van der Waals surface area (Å²) in [5.74, 6) is -0.703. The van der Waals surface area contributed by atoms with Crippen LogP contribution >= 0.6 is 0 Å². The van der Waals surface area contributed by atoms with E-state index in [0.29, 0.717) is 18.2 Å². The first kappa shape index (κ1) is 12.5. The SMILES string of the molecule is [C-]#[N+]NC(=NCC)Nc1cccc(C(=O)O)c1. The summed E-state index contributed by atoms with van der Waals surface area (Å²) in [5.41, 5.74) is 3.10. The number of nitrogens with one attached hydrogen (secondary N) is 2. The molecule has 0 fully saturated rings. The van der Waals surface area contributed by atoms with Crippen molar-refractivity contribution in [3.8, 4) is 0 Å². The quantitative estimate of drug-likeness (QED) is 0.320. The van der Waals surface area contributed by atoms with E-state index >= 15 is 0 Å². The molecule has 0 aliphatic heterocycles. The van der Waals surface area contributed by atoms with E-state index in [1.807, 2.05) is 6.92 Å². The molecule has 0 saturated heterocycles. The molecule has 0 bridgehead atoms. The number of rotatable bonds is 3. The van der Waals surface area contributed by atoms with E-state index in [1.165, 1.54) is 12.1 Å². The Kier molecular flexibility index (Phi) is 4.51. The van der Waals surface area contributed by atoms with Gasteiger partial charge in [0.15, 0.2) is 0 Å². The molecule has 6 heteroatoms. The highest BCUT2D eigenvalue weighted by Gasteiger charge is 2.05. The van der Waals surface area contributed by atoms with Crippen molar-refractivity contribution >= 4 is 17.6 Å². The number of carbonyl (C=O) groups is 1. The van der Waals surface area contributed by atoms with Crippen LogP contribution in [0.5, 0.6) is 0 Å². The van der Waals surface area contributed by atoms with E-state index in [1.54, 1.807) is 12.1 Å². The highest BCUT2D eigenvalue weighted by atomic mass is 16.4. The molecule has 0 aromatic heterocycles. The summed E-state index contributed by atoms with van der Waals surface area (Å²) < 4.78 is 0. The molecule has 17 heavy (non-hydrogen) atoms. The second-order valence-corrected chi connectivity index (χ2v) is 3.06. The largest absolute Gasteiger partial charge is 0.478 e. The Morgan fingerprint density at radius 2 is 2.35 bits per heavy atom. The van der Waals surface area contributed by atoms with Crippen molar-refractivity contribution in [1.82, 2.24) is 5.43 Å². The maximum atomic E-state index is 10.8. The van der Waals surface area contributed by atoms with Crippen molar-refractivity contribution in [1.29, 1.82) is 0 Å². The third kappa shape index (κ3) is 3.83. The molecule has 1 aromatic carbocycles. The molecular formula is C11H12N4O2. The molecule has 3 N–H and O–H groups in total. The molecule has 0 radical (unpaired) electrons. The summed E-state index contributed by atoms with van der Waals surface area (Å²) in [7, 11) is 0. The van der Waals surface area contributed by atoms with Crippen LogP contribution in [-0.4, -0.2) is 23.6 Å². The standard InChI is InChI=1S/C11H12N4O2/c1-3-13-11(15-12-2)14-9-6-4-5-8(7-9)10(16)17/h4-7H,3H2,1H3,(H,16,17)(H2,13,14,15). The van der Waals surface area contributed by atoms with E-state index in [2.05, 4.69) is 20.7 Å². The molecule has 0 spiro atoms. The zero-order valence-corrected chi connectivity index (χ0v) is 9.27. The zero-order chi connectivity index (χ0) is 12.7. The number of anilines is 1. The summed E-state index contributed by atoms with van der Waals surface area (Å²) in [6.07, 6.45) is 0. The van der Waals surface area contributed by atoms with E-state index in [9.17, 15) is 4.79 Å². The fourth-order valence-corrected chi connectivity index (χ4v) is 1.18. The van der Waals surface area contributed by atoms with E-state index < -0.39 is 5.97 Å². The first-order valence-corrected chi connectivity index (χ1v) is 4.94. The number of hydrogen-bond acceptors (Lipinski definition) is 2. The molecule has 0 atom stereocenters. The number of aliphatic imine (C=N–C) groups is 1. The Bertz CT molecular complexity index is 477. The number of carboxylic acids is 1. The van der Waals surface area contributed by atoms with Gasteiger partial charge < -0.3 is 10.4 Å². The van der Waals surface area contributed by atoms with Gasteiger partial charge >= 0.3 is 5.97 Å². The van der Waals surface area contributed by atoms with Gasteiger partial charge in [-0.2, -0.15) is 11.5 Å². The van der Waals surface area contributed by atoms with Crippen LogP contribution in [0.25, 0.3) is 4.95 Å². The average Bonchev–Trinajstić information content (AvgIpc) is 2.30. The smallest absolute Gasteiger partial charge is 0.335 e. The molecular weight excluding hydrogens is 220 g/mol. The normalized spacial score (nSPS) is 10.5. The minimum absolute atomic E-state index is 0.175. The molecule has 6 nitrogen and oxygen atoms in total. The van der Waals surface area contributed by atoms with Gasteiger partial charge in [0.1, 0.15) is 0 Å². The van der Waals surface area contributed by atoms with Crippen molar-refractivity contribution in [2.24, 2.45) is 4.99 Å². The van der Waals surface area contributed by atoms with Crippen LogP contribution in [0.2, 0.25) is 0 Å². The topological polar surface area (TPSA) is 78.1 Å². The number of hydrogen-bond donors (Lipinski definition) is 3. The predicted octanol–water partition coefficient (Wildman–Crippen LogP) is 1.60. The number of carboxylic acid groups (broad SMARTS) is 1. The van der Waals surface area contributed by atoms with Crippen LogP contribution in [0.4, 0.5) is 5.69 Å². The number of benzene rings is 1. The average molecular weight is 232 g/mol. The Labute approximate surface area is 98.8 Å². The first-order chi connectivity index (χ1) is 8.17. The molecule has 88 valence electrons. The highest BCUT2D eigenvalue weighted by molar-refractivity contribution is 5.95. The Morgan fingerprint density at radius 1 is 1.59 bits per heavy atom. The molecule has 0 unspecified atom stereocenters. The van der Waals surface area contributed by atoms with Gasteiger partial charge in [0.25, 0.3) is 5.96 Å². The monoisotopic (exact) mass is 232 g/mol. The van der Waals surface area contributed by atoms with Gasteiger partial charge in [-0.1, -0.05) is 11.5 Å². The second kappa shape index (κ2) is 6.12.